The normalized spacial score (nSPS) is 10.3. The van der Waals surface area contributed by atoms with E-state index in [1.807, 2.05) is 25.1 Å². The average molecular weight is 260 g/mol. The molecular formula is C15H17FN2O. The standard InChI is InChI=1S/C15H17FN2O/c1-10-8-11(6-7-14(10)19-2)9-18-15-12(16)4-3-5-13(15)17/h3-8,18H,9,17H2,1-2H3. The Morgan fingerprint density at radius 2 is 2.05 bits per heavy atom. The van der Waals surface area contributed by atoms with E-state index in [0.717, 1.165) is 16.9 Å². The lowest BCUT2D eigenvalue weighted by molar-refractivity contribution is 0.411. The maximum atomic E-state index is 13.6. The summed E-state index contributed by atoms with van der Waals surface area (Å²) in [6.45, 7) is 2.48. The molecule has 3 nitrogen and oxygen atoms in total. The van der Waals surface area contributed by atoms with Gasteiger partial charge in [0.15, 0.2) is 0 Å². The molecule has 2 rings (SSSR count). The lowest BCUT2D eigenvalue weighted by atomic mass is 10.1. The highest BCUT2D eigenvalue weighted by Crippen LogP contribution is 2.23. The number of hydrogen-bond acceptors (Lipinski definition) is 3. The first-order valence-corrected chi connectivity index (χ1v) is 6.03. The van der Waals surface area contributed by atoms with E-state index in [1.165, 1.54) is 6.07 Å². The first-order chi connectivity index (χ1) is 9.11. The van der Waals surface area contributed by atoms with Gasteiger partial charge in [-0.25, -0.2) is 4.39 Å². The number of aryl methyl sites for hydroxylation is 1. The van der Waals surface area contributed by atoms with E-state index >= 15 is 0 Å². The van der Waals surface area contributed by atoms with Crippen LogP contribution in [-0.4, -0.2) is 7.11 Å². The van der Waals surface area contributed by atoms with E-state index in [2.05, 4.69) is 5.32 Å². The predicted molar refractivity (Wildman–Crippen MR) is 75.9 cm³/mol. The Labute approximate surface area is 112 Å². The molecule has 2 aromatic rings. The number of nitrogens with two attached hydrogens (primary N) is 1. The molecule has 0 atom stereocenters. The number of halogens is 1. The van der Waals surface area contributed by atoms with Crippen LogP contribution in [0.15, 0.2) is 36.4 Å². The number of nitrogens with one attached hydrogen (secondary N) is 1. The molecule has 0 spiro atoms. The number of nitrogen functional groups attached to an aromatic ring is 1. The zero-order valence-corrected chi connectivity index (χ0v) is 11.0. The molecule has 4 heteroatoms. The number of benzene rings is 2. The Bertz CT molecular complexity index is 564. The third-order valence-electron chi connectivity index (χ3n) is 2.97. The van der Waals surface area contributed by atoms with Crippen molar-refractivity contribution in [3.8, 4) is 5.75 Å². The molecule has 0 heterocycles. The van der Waals surface area contributed by atoms with E-state index in [0.29, 0.717) is 17.9 Å². The van der Waals surface area contributed by atoms with Gasteiger partial charge in [0.25, 0.3) is 0 Å². The number of anilines is 2. The van der Waals surface area contributed by atoms with Crippen LogP contribution in [0.3, 0.4) is 0 Å². The van der Waals surface area contributed by atoms with Crippen molar-refractivity contribution in [3.63, 3.8) is 0 Å². The van der Waals surface area contributed by atoms with Crippen LogP contribution in [0.2, 0.25) is 0 Å². The minimum atomic E-state index is -0.342. The SMILES string of the molecule is COc1ccc(CNc2c(N)cccc2F)cc1C. The number of ether oxygens (including phenoxy) is 1. The fourth-order valence-electron chi connectivity index (χ4n) is 1.97. The van der Waals surface area contributed by atoms with Gasteiger partial charge in [0.1, 0.15) is 11.6 Å². The molecule has 0 unspecified atom stereocenters. The minimum Gasteiger partial charge on any atom is -0.496 e. The second kappa shape index (κ2) is 5.61. The molecule has 2 aromatic carbocycles. The van der Waals surface area contributed by atoms with E-state index < -0.39 is 0 Å². The maximum absolute atomic E-state index is 13.6. The monoisotopic (exact) mass is 260 g/mol. The van der Waals surface area contributed by atoms with Crippen LogP contribution in [0.4, 0.5) is 15.8 Å². The zero-order valence-electron chi connectivity index (χ0n) is 11.0. The van der Waals surface area contributed by atoms with Gasteiger partial charge in [0, 0.05) is 6.54 Å². The summed E-state index contributed by atoms with van der Waals surface area (Å²) in [5, 5.41) is 3.02. The number of para-hydroxylation sites is 1. The van der Waals surface area contributed by atoms with Gasteiger partial charge in [0.2, 0.25) is 0 Å². The molecule has 0 aliphatic rings. The van der Waals surface area contributed by atoms with Crippen LogP contribution < -0.4 is 15.8 Å². The van der Waals surface area contributed by atoms with Crippen molar-refractivity contribution >= 4 is 11.4 Å². The number of hydrogen-bond donors (Lipinski definition) is 2. The topological polar surface area (TPSA) is 47.3 Å². The Kier molecular flexibility index (Phi) is 3.90. The minimum absolute atomic E-state index is 0.342. The Morgan fingerprint density at radius 3 is 2.68 bits per heavy atom. The quantitative estimate of drug-likeness (QED) is 0.829. The van der Waals surface area contributed by atoms with Gasteiger partial charge in [0.05, 0.1) is 18.5 Å². The van der Waals surface area contributed by atoms with Crippen LogP contribution in [0.5, 0.6) is 5.75 Å². The van der Waals surface area contributed by atoms with Gasteiger partial charge < -0.3 is 15.8 Å². The Morgan fingerprint density at radius 1 is 1.26 bits per heavy atom. The first kappa shape index (κ1) is 13.2. The van der Waals surface area contributed by atoms with Gasteiger partial charge in [-0.3, -0.25) is 0 Å². The molecule has 0 aromatic heterocycles. The number of methoxy groups -OCH3 is 1. The summed E-state index contributed by atoms with van der Waals surface area (Å²) in [7, 11) is 1.64. The smallest absolute Gasteiger partial charge is 0.148 e. The van der Waals surface area contributed by atoms with Gasteiger partial charge >= 0.3 is 0 Å². The van der Waals surface area contributed by atoms with Gasteiger partial charge in [-0.05, 0) is 36.2 Å². The summed E-state index contributed by atoms with van der Waals surface area (Å²) < 4.78 is 18.8. The molecule has 0 fully saturated rings. The highest BCUT2D eigenvalue weighted by molar-refractivity contribution is 5.66. The largest absolute Gasteiger partial charge is 0.496 e. The van der Waals surface area contributed by atoms with Crippen molar-refractivity contribution in [2.45, 2.75) is 13.5 Å². The fraction of sp³-hybridized carbons (Fsp3) is 0.200. The van der Waals surface area contributed by atoms with Crippen LogP contribution in [0.1, 0.15) is 11.1 Å². The van der Waals surface area contributed by atoms with E-state index in [-0.39, 0.29) is 5.82 Å². The summed E-state index contributed by atoms with van der Waals surface area (Å²) in [5.74, 6) is 0.499. The lowest BCUT2D eigenvalue weighted by Crippen LogP contribution is -2.05. The van der Waals surface area contributed by atoms with Gasteiger partial charge in [-0.2, -0.15) is 0 Å². The third-order valence-corrected chi connectivity index (χ3v) is 2.97. The van der Waals surface area contributed by atoms with Crippen LogP contribution in [0.25, 0.3) is 0 Å². The Hall–Kier alpha value is -2.23. The number of rotatable bonds is 4. The van der Waals surface area contributed by atoms with Crippen molar-refractivity contribution in [2.24, 2.45) is 0 Å². The molecule has 0 saturated carbocycles. The maximum Gasteiger partial charge on any atom is 0.148 e. The van der Waals surface area contributed by atoms with E-state index in [4.69, 9.17) is 10.5 Å². The molecule has 0 radical (unpaired) electrons. The summed E-state index contributed by atoms with van der Waals surface area (Å²) >= 11 is 0. The second-order valence-electron chi connectivity index (χ2n) is 4.36. The molecule has 0 bridgehead atoms. The zero-order chi connectivity index (χ0) is 13.8. The highest BCUT2D eigenvalue weighted by atomic mass is 19.1. The summed E-state index contributed by atoms with van der Waals surface area (Å²) in [5.41, 5.74) is 8.58. The molecule has 0 saturated heterocycles. The Balaban J connectivity index is 2.13. The van der Waals surface area contributed by atoms with Crippen molar-refractivity contribution < 1.29 is 9.13 Å². The van der Waals surface area contributed by atoms with Gasteiger partial charge in [-0.15, -0.1) is 0 Å². The van der Waals surface area contributed by atoms with Crippen LogP contribution in [-0.2, 0) is 6.54 Å². The summed E-state index contributed by atoms with van der Waals surface area (Å²) in [6, 6.07) is 10.5. The molecule has 0 aliphatic carbocycles. The average Bonchev–Trinajstić information content (AvgIpc) is 2.38. The fourth-order valence-corrected chi connectivity index (χ4v) is 1.97. The molecular weight excluding hydrogens is 243 g/mol. The van der Waals surface area contributed by atoms with Gasteiger partial charge in [-0.1, -0.05) is 18.2 Å². The molecule has 0 amide bonds. The molecule has 100 valence electrons. The lowest BCUT2D eigenvalue weighted by Gasteiger charge is -2.11. The van der Waals surface area contributed by atoms with Crippen molar-refractivity contribution in [3.05, 3.63) is 53.3 Å². The molecule has 3 N–H and O–H groups in total. The summed E-state index contributed by atoms with van der Waals surface area (Å²) in [4.78, 5) is 0. The van der Waals surface area contributed by atoms with Crippen LogP contribution in [0, 0.1) is 12.7 Å². The summed E-state index contributed by atoms with van der Waals surface area (Å²) in [6.07, 6.45) is 0. The van der Waals surface area contributed by atoms with Crippen molar-refractivity contribution in [1.82, 2.24) is 0 Å². The second-order valence-corrected chi connectivity index (χ2v) is 4.36. The van der Waals surface area contributed by atoms with Crippen LogP contribution >= 0.6 is 0 Å². The first-order valence-electron chi connectivity index (χ1n) is 6.03. The van der Waals surface area contributed by atoms with E-state index in [9.17, 15) is 4.39 Å². The third kappa shape index (κ3) is 2.96. The predicted octanol–water partition coefficient (Wildman–Crippen LogP) is 3.34. The van der Waals surface area contributed by atoms with E-state index in [1.54, 1.807) is 19.2 Å². The molecule has 19 heavy (non-hydrogen) atoms. The van der Waals surface area contributed by atoms with Crippen molar-refractivity contribution in [2.75, 3.05) is 18.2 Å². The highest BCUT2D eigenvalue weighted by Gasteiger charge is 2.06. The molecule has 0 aliphatic heterocycles. The van der Waals surface area contributed by atoms with Crippen molar-refractivity contribution in [1.29, 1.82) is 0 Å².